The number of carbonyl (C=O) groups excluding carboxylic acids is 1. The van der Waals surface area contributed by atoms with E-state index in [1.807, 2.05) is 44.2 Å². The summed E-state index contributed by atoms with van der Waals surface area (Å²) in [6.07, 6.45) is 0. The number of aryl methyl sites for hydroxylation is 3. The highest BCUT2D eigenvalue weighted by Crippen LogP contribution is 2.10. The van der Waals surface area contributed by atoms with Crippen LogP contribution in [0.5, 0.6) is 0 Å². The molecule has 0 aliphatic rings. The van der Waals surface area contributed by atoms with E-state index in [0.29, 0.717) is 6.54 Å². The Kier molecular flexibility index (Phi) is 4.00. The predicted octanol–water partition coefficient (Wildman–Crippen LogP) is 3.54. The third-order valence-electron chi connectivity index (χ3n) is 3.34. The number of amides is 1. The molecule has 0 saturated carbocycles. The van der Waals surface area contributed by atoms with Crippen molar-refractivity contribution in [3.8, 4) is 0 Å². The molecule has 0 fully saturated rings. The number of carbonyl (C=O) groups is 1. The lowest BCUT2D eigenvalue weighted by molar-refractivity contribution is 0.0951. The van der Waals surface area contributed by atoms with Crippen LogP contribution in [0, 0.1) is 20.8 Å². The molecule has 2 aromatic carbocycles. The van der Waals surface area contributed by atoms with Gasteiger partial charge in [-0.3, -0.25) is 4.79 Å². The van der Waals surface area contributed by atoms with Crippen molar-refractivity contribution in [3.63, 3.8) is 0 Å². The van der Waals surface area contributed by atoms with Crippen LogP contribution in [0.1, 0.15) is 32.6 Å². The van der Waals surface area contributed by atoms with Gasteiger partial charge in [0.2, 0.25) is 0 Å². The number of hydrogen-bond donors (Lipinski definition) is 1. The zero-order valence-electron chi connectivity index (χ0n) is 11.7. The Bertz CT molecular complexity index is 585. The van der Waals surface area contributed by atoms with E-state index in [4.69, 9.17) is 0 Å². The minimum Gasteiger partial charge on any atom is -0.348 e. The summed E-state index contributed by atoms with van der Waals surface area (Å²) < 4.78 is 0. The minimum atomic E-state index is -0.0244. The Labute approximate surface area is 114 Å². The lowest BCUT2D eigenvalue weighted by atomic mass is 10.1. The van der Waals surface area contributed by atoms with Crippen LogP contribution in [0.4, 0.5) is 0 Å². The van der Waals surface area contributed by atoms with Crippen molar-refractivity contribution in [2.45, 2.75) is 27.3 Å². The summed E-state index contributed by atoms with van der Waals surface area (Å²) in [5, 5.41) is 2.94. The van der Waals surface area contributed by atoms with E-state index in [1.54, 1.807) is 0 Å². The second-order valence-corrected chi connectivity index (χ2v) is 4.97. The molecule has 0 aromatic heterocycles. The number of benzene rings is 2. The van der Waals surface area contributed by atoms with E-state index in [-0.39, 0.29) is 5.91 Å². The molecule has 19 heavy (non-hydrogen) atoms. The number of rotatable bonds is 3. The van der Waals surface area contributed by atoms with Gasteiger partial charge in [-0.1, -0.05) is 35.9 Å². The van der Waals surface area contributed by atoms with Crippen LogP contribution in [-0.4, -0.2) is 5.91 Å². The monoisotopic (exact) mass is 253 g/mol. The molecule has 0 atom stereocenters. The molecule has 0 saturated heterocycles. The zero-order valence-corrected chi connectivity index (χ0v) is 11.7. The average Bonchev–Trinajstić information content (AvgIpc) is 2.41. The minimum absolute atomic E-state index is 0.0244. The van der Waals surface area contributed by atoms with Gasteiger partial charge in [-0.05, 0) is 49.6 Å². The lowest BCUT2D eigenvalue weighted by Gasteiger charge is -2.07. The first-order chi connectivity index (χ1) is 9.06. The SMILES string of the molecule is Cc1ccc(CNC(=O)c2ccc(C)c(C)c2)cc1. The van der Waals surface area contributed by atoms with Crippen LogP contribution in [-0.2, 0) is 6.54 Å². The quantitative estimate of drug-likeness (QED) is 0.890. The molecule has 0 heterocycles. The molecule has 1 amide bonds. The second kappa shape index (κ2) is 5.70. The molecular weight excluding hydrogens is 234 g/mol. The molecule has 98 valence electrons. The topological polar surface area (TPSA) is 29.1 Å². The third kappa shape index (κ3) is 3.44. The highest BCUT2D eigenvalue weighted by molar-refractivity contribution is 5.94. The summed E-state index contributed by atoms with van der Waals surface area (Å²) in [5.41, 5.74) is 5.40. The molecule has 0 radical (unpaired) electrons. The van der Waals surface area contributed by atoms with Crippen molar-refractivity contribution in [2.75, 3.05) is 0 Å². The Balaban J connectivity index is 2.01. The summed E-state index contributed by atoms with van der Waals surface area (Å²) in [6.45, 7) is 6.68. The summed E-state index contributed by atoms with van der Waals surface area (Å²) in [4.78, 5) is 12.0. The first-order valence-electron chi connectivity index (χ1n) is 6.47. The van der Waals surface area contributed by atoms with Crippen LogP contribution in [0.3, 0.4) is 0 Å². The molecule has 1 N–H and O–H groups in total. The van der Waals surface area contributed by atoms with Crippen LogP contribution >= 0.6 is 0 Å². The van der Waals surface area contributed by atoms with Crippen molar-refractivity contribution in [1.82, 2.24) is 5.32 Å². The van der Waals surface area contributed by atoms with Crippen molar-refractivity contribution in [2.24, 2.45) is 0 Å². The number of hydrogen-bond acceptors (Lipinski definition) is 1. The molecule has 2 heteroatoms. The fourth-order valence-corrected chi connectivity index (χ4v) is 1.87. The Hall–Kier alpha value is -2.09. The van der Waals surface area contributed by atoms with Gasteiger partial charge in [0.1, 0.15) is 0 Å². The molecule has 0 aliphatic heterocycles. The normalized spacial score (nSPS) is 10.3. The van der Waals surface area contributed by atoms with E-state index in [0.717, 1.165) is 16.7 Å². The molecule has 2 aromatic rings. The highest BCUT2D eigenvalue weighted by atomic mass is 16.1. The van der Waals surface area contributed by atoms with Crippen molar-refractivity contribution >= 4 is 5.91 Å². The smallest absolute Gasteiger partial charge is 0.251 e. The maximum atomic E-state index is 12.0. The lowest BCUT2D eigenvalue weighted by Crippen LogP contribution is -2.22. The molecule has 0 unspecified atom stereocenters. The first-order valence-corrected chi connectivity index (χ1v) is 6.47. The maximum Gasteiger partial charge on any atom is 0.251 e. The van der Waals surface area contributed by atoms with Crippen LogP contribution in [0.15, 0.2) is 42.5 Å². The van der Waals surface area contributed by atoms with Crippen molar-refractivity contribution < 1.29 is 4.79 Å². The fourth-order valence-electron chi connectivity index (χ4n) is 1.87. The second-order valence-electron chi connectivity index (χ2n) is 4.97. The number of nitrogens with one attached hydrogen (secondary N) is 1. The van der Waals surface area contributed by atoms with Gasteiger partial charge in [-0.2, -0.15) is 0 Å². The standard InChI is InChI=1S/C17H19NO/c1-12-4-7-15(8-5-12)11-18-17(19)16-9-6-13(2)14(3)10-16/h4-10H,11H2,1-3H3,(H,18,19). The zero-order chi connectivity index (χ0) is 13.8. The first kappa shape index (κ1) is 13.3. The van der Waals surface area contributed by atoms with Crippen LogP contribution < -0.4 is 5.32 Å². The summed E-state index contributed by atoms with van der Waals surface area (Å²) in [5.74, 6) is -0.0244. The van der Waals surface area contributed by atoms with Gasteiger partial charge in [0.15, 0.2) is 0 Å². The van der Waals surface area contributed by atoms with Crippen molar-refractivity contribution in [1.29, 1.82) is 0 Å². The highest BCUT2D eigenvalue weighted by Gasteiger charge is 2.06. The van der Waals surface area contributed by atoms with E-state index < -0.39 is 0 Å². The van der Waals surface area contributed by atoms with E-state index in [2.05, 4.69) is 24.4 Å². The fraction of sp³-hybridized carbons (Fsp3) is 0.235. The molecule has 2 nitrogen and oxygen atoms in total. The Morgan fingerprint density at radius 2 is 1.63 bits per heavy atom. The molecule has 0 aliphatic carbocycles. The summed E-state index contributed by atoms with van der Waals surface area (Å²) >= 11 is 0. The average molecular weight is 253 g/mol. The van der Waals surface area contributed by atoms with Crippen molar-refractivity contribution in [3.05, 3.63) is 70.3 Å². The van der Waals surface area contributed by atoms with Gasteiger partial charge in [-0.25, -0.2) is 0 Å². The van der Waals surface area contributed by atoms with Gasteiger partial charge in [0.05, 0.1) is 0 Å². The molecule has 0 bridgehead atoms. The van der Waals surface area contributed by atoms with E-state index >= 15 is 0 Å². The Morgan fingerprint density at radius 1 is 0.947 bits per heavy atom. The third-order valence-corrected chi connectivity index (χ3v) is 3.34. The Morgan fingerprint density at radius 3 is 2.26 bits per heavy atom. The van der Waals surface area contributed by atoms with Gasteiger partial charge in [0.25, 0.3) is 5.91 Å². The van der Waals surface area contributed by atoms with Crippen LogP contribution in [0.2, 0.25) is 0 Å². The molecule has 0 spiro atoms. The predicted molar refractivity (Wildman–Crippen MR) is 78.3 cm³/mol. The molecular formula is C17H19NO. The van der Waals surface area contributed by atoms with Gasteiger partial charge in [-0.15, -0.1) is 0 Å². The van der Waals surface area contributed by atoms with Crippen LogP contribution in [0.25, 0.3) is 0 Å². The summed E-state index contributed by atoms with van der Waals surface area (Å²) in [7, 11) is 0. The van der Waals surface area contributed by atoms with Gasteiger partial charge >= 0.3 is 0 Å². The van der Waals surface area contributed by atoms with E-state index in [9.17, 15) is 4.79 Å². The van der Waals surface area contributed by atoms with Gasteiger partial charge < -0.3 is 5.32 Å². The van der Waals surface area contributed by atoms with E-state index in [1.165, 1.54) is 11.1 Å². The largest absolute Gasteiger partial charge is 0.348 e. The summed E-state index contributed by atoms with van der Waals surface area (Å²) in [6, 6.07) is 14.0. The van der Waals surface area contributed by atoms with Gasteiger partial charge in [0, 0.05) is 12.1 Å². The maximum absolute atomic E-state index is 12.0. The molecule has 2 rings (SSSR count).